The molecular formula is C28H35O3P. The van der Waals surface area contributed by atoms with Crippen LogP contribution in [0.3, 0.4) is 0 Å². The number of para-hydroxylation sites is 1. The van der Waals surface area contributed by atoms with Crippen molar-refractivity contribution in [3.8, 4) is 11.5 Å². The largest absolute Gasteiger partial charge is 0.493 e. The summed E-state index contributed by atoms with van der Waals surface area (Å²) in [5, 5.41) is 11.6. The quantitative estimate of drug-likeness (QED) is 0.351. The Bertz CT molecular complexity index is 1010. The molecule has 0 bridgehead atoms. The van der Waals surface area contributed by atoms with Gasteiger partial charge in [-0.2, -0.15) is 0 Å². The van der Waals surface area contributed by atoms with Crippen LogP contribution in [0.15, 0.2) is 66.7 Å². The van der Waals surface area contributed by atoms with Crippen molar-refractivity contribution in [2.75, 3.05) is 7.11 Å². The maximum atomic E-state index is 10.4. The molecule has 0 fully saturated rings. The normalized spacial score (nSPS) is 12.8. The van der Waals surface area contributed by atoms with Crippen molar-refractivity contribution in [2.24, 2.45) is 0 Å². The maximum Gasteiger partial charge on any atom is 0.165 e. The number of aryl methyl sites for hydroxylation is 1. The summed E-state index contributed by atoms with van der Waals surface area (Å²) < 4.78 is 12.2. The van der Waals surface area contributed by atoms with Gasteiger partial charge in [-0.1, -0.05) is 83.1 Å². The van der Waals surface area contributed by atoms with Crippen molar-refractivity contribution in [3.63, 3.8) is 0 Å². The Kier molecular flexibility index (Phi) is 8.34. The van der Waals surface area contributed by atoms with E-state index in [4.69, 9.17) is 9.47 Å². The number of methoxy groups -OCH3 is 1. The van der Waals surface area contributed by atoms with Crippen LogP contribution in [0, 0.1) is 6.92 Å². The van der Waals surface area contributed by atoms with Gasteiger partial charge in [0, 0.05) is 10.7 Å². The van der Waals surface area contributed by atoms with Gasteiger partial charge >= 0.3 is 0 Å². The Hall–Kier alpha value is -2.35. The lowest BCUT2D eigenvalue weighted by molar-refractivity contribution is 0.200. The fourth-order valence-electron chi connectivity index (χ4n) is 4.26. The van der Waals surface area contributed by atoms with Gasteiger partial charge in [-0.05, 0) is 54.8 Å². The van der Waals surface area contributed by atoms with E-state index in [9.17, 15) is 5.11 Å². The third-order valence-electron chi connectivity index (χ3n) is 6.27. The lowest BCUT2D eigenvalue weighted by Crippen LogP contribution is -2.25. The summed E-state index contributed by atoms with van der Waals surface area (Å²) in [6.07, 6.45) is 1.43. The van der Waals surface area contributed by atoms with E-state index < -0.39 is 6.10 Å². The lowest BCUT2D eigenvalue weighted by Gasteiger charge is -2.36. The lowest BCUT2D eigenvalue weighted by atomic mass is 9.91. The van der Waals surface area contributed by atoms with Crippen molar-refractivity contribution in [2.45, 2.75) is 58.4 Å². The number of benzene rings is 3. The van der Waals surface area contributed by atoms with Crippen LogP contribution >= 0.6 is 8.58 Å². The minimum Gasteiger partial charge on any atom is -0.493 e. The van der Waals surface area contributed by atoms with Gasteiger partial charge in [-0.3, -0.25) is 0 Å². The fraction of sp³-hybridized carbons (Fsp3) is 0.357. The van der Waals surface area contributed by atoms with Crippen LogP contribution in [0.4, 0.5) is 0 Å². The van der Waals surface area contributed by atoms with Crippen molar-refractivity contribution in [1.82, 2.24) is 0 Å². The minimum absolute atomic E-state index is 0.115. The molecule has 3 nitrogen and oxygen atoms in total. The van der Waals surface area contributed by atoms with Gasteiger partial charge in [0.2, 0.25) is 0 Å². The van der Waals surface area contributed by atoms with Crippen LogP contribution in [0.2, 0.25) is 0 Å². The smallest absolute Gasteiger partial charge is 0.165 e. The number of rotatable bonds is 10. The first kappa shape index (κ1) is 24.3. The zero-order chi connectivity index (χ0) is 23.1. The summed E-state index contributed by atoms with van der Waals surface area (Å²) in [5.41, 5.74) is 4.54. The molecule has 0 saturated heterocycles. The summed E-state index contributed by atoms with van der Waals surface area (Å²) in [7, 11) is 2.20. The molecule has 32 heavy (non-hydrogen) atoms. The molecule has 170 valence electrons. The summed E-state index contributed by atoms with van der Waals surface area (Å²) in [5.74, 6) is 1.58. The maximum absolute atomic E-state index is 10.4. The van der Waals surface area contributed by atoms with Crippen molar-refractivity contribution in [1.29, 1.82) is 0 Å². The molecule has 0 saturated carbocycles. The van der Waals surface area contributed by atoms with E-state index in [-0.39, 0.29) is 5.16 Å². The number of hydrogen-bond acceptors (Lipinski definition) is 3. The molecule has 0 amide bonds. The second kappa shape index (κ2) is 11.0. The number of hydrogen-bond donors (Lipinski definition) is 1. The summed E-state index contributed by atoms with van der Waals surface area (Å²) in [6.45, 7) is 8.98. The second-order valence-corrected chi connectivity index (χ2v) is 9.95. The van der Waals surface area contributed by atoms with Crippen molar-refractivity contribution >= 4 is 13.9 Å². The summed E-state index contributed by atoms with van der Waals surface area (Å²) in [4.78, 5) is 0. The highest BCUT2D eigenvalue weighted by atomic mass is 31.1. The number of aliphatic hydroxyl groups excluding tert-OH is 1. The van der Waals surface area contributed by atoms with E-state index in [2.05, 4.69) is 57.2 Å². The molecule has 1 N–H and O–H groups in total. The SMILES string of the molecule is CCC(CC)(Pc1c(C)cccc1C(C)O)c1cccc(OC)c1OCc1ccccc1. The Morgan fingerprint density at radius 1 is 0.938 bits per heavy atom. The van der Waals surface area contributed by atoms with E-state index in [0.717, 1.165) is 35.5 Å². The first-order chi connectivity index (χ1) is 15.5. The average molecular weight is 451 g/mol. The van der Waals surface area contributed by atoms with E-state index in [1.165, 1.54) is 16.4 Å². The zero-order valence-corrected chi connectivity index (χ0v) is 20.8. The molecule has 2 atom stereocenters. The Balaban J connectivity index is 2.08. The highest BCUT2D eigenvalue weighted by Gasteiger charge is 2.34. The first-order valence-electron chi connectivity index (χ1n) is 11.4. The van der Waals surface area contributed by atoms with E-state index in [1.54, 1.807) is 7.11 Å². The highest BCUT2D eigenvalue weighted by Crippen LogP contribution is 2.53. The Labute approximate surface area is 194 Å². The molecule has 3 aromatic rings. The number of aliphatic hydroxyl groups is 1. The third kappa shape index (κ3) is 5.17. The molecule has 0 spiro atoms. The predicted molar refractivity (Wildman–Crippen MR) is 136 cm³/mol. The molecule has 0 aliphatic carbocycles. The molecule has 0 radical (unpaired) electrons. The second-order valence-electron chi connectivity index (χ2n) is 8.24. The molecular weight excluding hydrogens is 415 g/mol. The molecule has 2 unspecified atom stereocenters. The Morgan fingerprint density at radius 3 is 2.25 bits per heavy atom. The zero-order valence-electron chi connectivity index (χ0n) is 19.8. The van der Waals surface area contributed by atoms with Gasteiger partial charge in [0.05, 0.1) is 13.2 Å². The van der Waals surface area contributed by atoms with E-state index >= 15 is 0 Å². The molecule has 0 aliphatic rings. The predicted octanol–water partition coefficient (Wildman–Crippen LogP) is 6.66. The van der Waals surface area contributed by atoms with Gasteiger partial charge in [0.25, 0.3) is 0 Å². The standard InChI is InChI=1S/C28H35O3P/c1-6-28(7-2,32-27-20(3)13-11-16-23(27)21(4)29)24-17-12-18-25(30-5)26(24)31-19-22-14-9-8-10-15-22/h8-18,21,29,32H,6-7,19H2,1-5H3. The topological polar surface area (TPSA) is 38.7 Å². The molecule has 0 aliphatic heterocycles. The van der Waals surface area contributed by atoms with Crippen LogP contribution in [0.1, 0.15) is 62.0 Å². The van der Waals surface area contributed by atoms with Crippen LogP contribution in [0.25, 0.3) is 0 Å². The molecule has 0 heterocycles. The van der Waals surface area contributed by atoms with Crippen molar-refractivity contribution < 1.29 is 14.6 Å². The van der Waals surface area contributed by atoms with Crippen LogP contribution in [0.5, 0.6) is 11.5 Å². The van der Waals surface area contributed by atoms with Gasteiger partial charge in [0.15, 0.2) is 11.5 Å². The van der Waals surface area contributed by atoms with Crippen LogP contribution < -0.4 is 14.8 Å². The van der Waals surface area contributed by atoms with Gasteiger partial charge in [-0.25, -0.2) is 0 Å². The Morgan fingerprint density at radius 2 is 1.62 bits per heavy atom. The van der Waals surface area contributed by atoms with Crippen LogP contribution in [-0.2, 0) is 11.8 Å². The third-order valence-corrected chi connectivity index (χ3v) is 8.65. The van der Waals surface area contributed by atoms with Crippen molar-refractivity contribution in [3.05, 3.63) is 89.0 Å². The summed E-state index contributed by atoms with van der Waals surface area (Å²) >= 11 is 0. The fourth-order valence-corrected chi connectivity index (χ4v) is 6.14. The van der Waals surface area contributed by atoms with E-state index in [1.807, 2.05) is 37.3 Å². The highest BCUT2D eigenvalue weighted by molar-refractivity contribution is 7.48. The van der Waals surface area contributed by atoms with Crippen LogP contribution in [-0.4, -0.2) is 12.2 Å². The summed E-state index contributed by atoms with van der Waals surface area (Å²) in [6, 6.07) is 22.7. The number of ether oxygens (including phenoxy) is 2. The molecule has 3 aromatic carbocycles. The first-order valence-corrected chi connectivity index (χ1v) is 12.4. The minimum atomic E-state index is -0.497. The van der Waals surface area contributed by atoms with Gasteiger partial charge < -0.3 is 14.6 Å². The van der Waals surface area contributed by atoms with E-state index in [0.29, 0.717) is 15.2 Å². The molecule has 0 aromatic heterocycles. The molecule has 4 heteroatoms. The molecule has 3 rings (SSSR count). The monoisotopic (exact) mass is 450 g/mol. The average Bonchev–Trinajstić information content (AvgIpc) is 2.82. The van der Waals surface area contributed by atoms with Gasteiger partial charge in [-0.15, -0.1) is 0 Å². The van der Waals surface area contributed by atoms with Gasteiger partial charge in [0.1, 0.15) is 6.61 Å².